The summed E-state index contributed by atoms with van der Waals surface area (Å²) in [5.74, 6) is 0. The molecule has 5 aliphatic rings. The van der Waals surface area contributed by atoms with Gasteiger partial charge in [-0.05, 0) is 0 Å². The number of hydrogen-bond donors (Lipinski definition) is 14. The van der Waals surface area contributed by atoms with Gasteiger partial charge in [0.1, 0.15) is 122 Å². The van der Waals surface area contributed by atoms with Gasteiger partial charge in [-0.15, -0.1) is 0 Å². The minimum atomic E-state index is -2.02. The molecule has 0 aromatic carbocycles. The lowest BCUT2D eigenvalue weighted by Crippen LogP contribution is -2.67. The second kappa shape index (κ2) is 21.6. The molecule has 0 amide bonds. The summed E-state index contributed by atoms with van der Waals surface area (Å²) in [5, 5.41) is 148. The average Bonchev–Trinajstić information content (AvgIpc) is 3.23. The van der Waals surface area contributed by atoms with Crippen LogP contribution in [0.3, 0.4) is 0 Å². The Morgan fingerprint density at radius 2 is 0.593 bits per heavy atom. The van der Waals surface area contributed by atoms with Gasteiger partial charge >= 0.3 is 0 Å². The Bertz CT molecular complexity index is 1250. The predicted octanol–water partition coefficient (Wildman–Crippen LogP) is -9.96. The van der Waals surface area contributed by atoms with Crippen LogP contribution in [0.1, 0.15) is 0 Å². The third-order valence-corrected chi connectivity index (χ3v) is 11.0. The van der Waals surface area contributed by atoms with E-state index in [0.717, 1.165) is 0 Å². The SMILES string of the molecule is COC1OC(CO)C(OC2OC(COC3OC(CO)C(OC4OC(CO)C(OC5OC(CO)C(OC)C(O)C5O)C(O)C4O)C(O)C3O)C(OC)C(O)C2O)C(O)C1O. The Kier molecular flexibility index (Phi) is 17.9. The van der Waals surface area contributed by atoms with E-state index in [1.807, 2.05) is 0 Å². The predicted molar refractivity (Wildman–Crippen MR) is 181 cm³/mol. The van der Waals surface area contributed by atoms with Crippen LogP contribution in [0, 0.1) is 0 Å². The number of rotatable bonds is 16. The lowest BCUT2D eigenvalue weighted by Gasteiger charge is -2.48. The van der Waals surface area contributed by atoms with Crippen molar-refractivity contribution in [3.05, 3.63) is 0 Å². The normalized spacial score (nSPS) is 51.1. The van der Waals surface area contributed by atoms with Crippen molar-refractivity contribution in [3.63, 3.8) is 0 Å². The largest absolute Gasteiger partial charge is 0.394 e. The van der Waals surface area contributed by atoms with Crippen molar-refractivity contribution < 1.29 is 128 Å². The van der Waals surface area contributed by atoms with Crippen LogP contribution in [0.25, 0.3) is 0 Å². The first-order valence-electron chi connectivity index (χ1n) is 18.8. The summed E-state index contributed by atoms with van der Waals surface area (Å²) >= 11 is 0. The van der Waals surface area contributed by atoms with E-state index in [4.69, 9.17) is 56.8 Å². The molecule has 0 saturated carbocycles. The molecule has 26 nitrogen and oxygen atoms in total. The molecule has 5 aliphatic heterocycles. The van der Waals surface area contributed by atoms with Crippen molar-refractivity contribution in [2.24, 2.45) is 0 Å². The van der Waals surface area contributed by atoms with Crippen LogP contribution in [0.4, 0.5) is 0 Å². The maximum Gasteiger partial charge on any atom is 0.187 e. The van der Waals surface area contributed by atoms with Crippen molar-refractivity contribution >= 4 is 0 Å². The minimum absolute atomic E-state index is 0.611. The van der Waals surface area contributed by atoms with Gasteiger partial charge in [-0.3, -0.25) is 0 Å². The van der Waals surface area contributed by atoms with Crippen molar-refractivity contribution in [1.29, 1.82) is 0 Å². The molecule has 0 spiro atoms. The lowest BCUT2D eigenvalue weighted by atomic mass is 9.96. The zero-order valence-electron chi connectivity index (χ0n) is 32.1. The first-order valence-corrected chi connectivity index (χ1v) is 18.8. The molecule has 346 valence electrons. The quantitative estimate of drug-likeness (QED) is 0.0685. The number of aliphatic hydroxyl groups excluding tert-OH is 14. The number of hydrogen-bond acceptors (Lipinski definition) is 26. The number of ether oxygens (including phenoxy) is 12. The first-order chi connectivity index (χ1) is 28.1. The van der Waals surface area contributed by atoms with E-state index in [1.165, 1.54) is 21.3 Å². The van der Waals surface area contributed by atoms with Gasteiger partial charge in [0.05, 0.1) is 33.0 Å². The van der Waals surface area contributed by atoms with E-state index in [9.17, 15) is 71.5 Å². The van der Waals surface area contributed by atoms with E-state index >= 15 is 0 Å². The maximum absolute atomic E-state index is 11.1. The van der Waals surface area contributed by atoms with Crippen LogP contribution in [-0.4, -0.2) is 279 Å². The fourth-order valence-corrected chi connectivity index (χ4v) is 7.66. The smallest absolute Gasteiger partial charge is 0.187 e. The summed E-state index contributed by atoms with van der Waals surface area (Å²) < 4.78 is 66.0. The Morgan fingerprint density at radius 3 is 0.949 bits per heavy atom. The van der Waals surface area contributed by atoms with Crippen molar-refractivity contribution in [3.8, 4) is 0 Å². The molecule has 0 aliphatic carbocycles. The van der Waals surface area contributed by atoms with Gasteiger partial charge in [0.2, 0.25) is 0 Å². The fraction of sp³-hybridized carbons (Fsp3) is 1.00. The maximum atomic E-state index is 11.1. The van der Waals surface area contributed by atoms with Gasteiger partial charge in [-0.25, -0.2) is 0 Å². The molecule has 5 rings (SSSR count). The number of aliphatic hydroxyl groups is 14. The van der Waals surface area contributed by atoms with Crippen LogP contribution in [-0.2, 0) is 56.8 Å². The summed E-state index contributed by atoms with van der Waals surface area (Å²) in [4.78, 5) is 0. The topological polar surface area (TPSA) is 394 Å². The summed E-state index contributed by atoms with van der Waals surface area (Å²) in [7, 11) is 3.58. The second-order valence-electron chi connectivity index (χ2n) is 14.6. The van der Waals surface area contributed by atoms with Crippen molar-refractivity contribution in [2.45, 2.75) is 154 Å². The van der Waals surface area contributed by atoms with Crippen molar-refractivity contribution in [2.75, 3.05) is 54.4 Å². The molecule has 0 aromatic heterocycles. The van der Waals surface area contributed by atoms with Gasteiger partial charge in [-0.1, -0.05) is 0 Å². The van der Waals surface area contributed by atoms with Crippen LogP contribution < -0.4 is 0 Å². The lowest BCUT2D eigenvalue weighted by molar-refractivity contribution is -0.383. The summed E-state index contributed by atoms with van der Waals surface area (Å²) in [5.41, 5.74) is 0. The molecule has 59 heavy (non-hydrogen) atoms. The van der Waals surface area contributed by atoms with E-state index in [-0.39, 0.29) is 0 Å². The van der Waals surface area contributed by atoms with E-state index < -0.39 is 187 Å². The third-order valence-electron chi connectivity index (χ3n) is 11.0. The Hall–Kier alpha value is -1.04. The summed E-state index contributed by atoms with van der Waals surface area (Å²) in [6, 6.07) is 0. The van der Waals surface area contributed by atoms with Crippen molar-refractivity contribution in [1.82, 2.24) is 0 Å². The van der Waals surface area contributed by atoms with Gasteiger partial charge in [-0.2, -0.15) is 0 Å². The standard InChI is InChI=1S/C33H58O26/c1-48-24-9(4-34)54-31(21(45)14(24)38)58-28-12(7-37)55-32(23(47)18(28)42)57-27-11(6-36)53-30(20(44)17(27)41)51-8-13-25(49-2)15(39)22(46)33(56-13)59-26-10(5-35)52-29(50-3)19(43)16(26)40/h9-47H,4-8H2,1-3H3. The molecule has 0 bridgehead atoms. The molecule has 0 radical (unpaired) electrons. The molecule has 5 saturated heterocycles. The molecular formula is C33H58O26. The highest BCUT2D eigenvalue weighted by Crippen LogP contribution is 2.35. The zero-order chi connectivity index (χ0) is 43.5. The van der Waals surface area contributed by atoms with Gasteiger partial charge < -0.3 is 128 Å². The summed E-state index contributed by atoms with van der Waals surface area (Å²) in [6.45, 7) is -3.77. The van der Waals surface area contributed by atoms with Crippen LogP contribution in [0.2, 0.25) is 0 Å². The molecule has 5 fully saturated rings. The van der Waals surface area contributed by atoms with Gasteiger partial charge in [0.25, 0.3) is 0 Å². The van der Waals surface area contributed by atoms with E-state index in [1.54, 1.807) is 0 Å². The molecule has 25 unspecified atom stereocenters. The minimum Gasteiger partial charge on any atom is -0.394 e. The average molecular weight is 871 g/mol. The molecule has 26 heteroatoms. The molecule has 14 N–H and O–H groups in total. The summed E-state index contributed by atoms with van der Waals surface area (Å²) in [6.07, 6.45) is -40.8. The molecule has 25 atom stereocenters. The van der Waals surface area contributed by atoms with Crippen LogP contribution in [0.15, 0.2) is 0 Å². The molecular weight excluding hydrogens is 812 g/mol. The highest BCUT2D eigenvalue weighted by Gasteiger charge is 2.55. The molecule has 0 aromatic rings. The third kappa shape index (κ3) is 10.2. The Labute approximate surface area is 336 Å². The first kappa shape index (κ1) is 49.0. The second-order valence-corrected chi connectivity index (χ2v) is 14.6. The Balaban J connectivity index is 1.21. The van der Waals surface area contributed by atoms with Gasteiger partial charge in [0, 0.05) is 21.3 Å². The van der Waals surface area contributed by atoms with E-state index in [0.29, 0.717) is 0 Å². The zero-order valence-corrected chi connectivity index (χ0v) is 32.1. The Morgan fingerprint density at radius 1 is 0.322 bits per heavy atom. The fourth-order valence-electron chi connectivity index (χ4n) is 7.66. The van der Waals surface area contributed by atoms with Crippen LogP contribution in [0.5, 0.6) is 0 Å². The van der Waals surface area contributed by atoms with Crippen LogP contribution >= 0.6 is 0 Å². The highest BCUT2D eigenvalue weighted by molar-refractivity contribution is 4.98. The number of methoxy groups -OCH3 is 3. The highest BCUT2D eigenvalue weighted by atomic mass is 16.8. The molecule has 5 heterocycles. The van der Waals surface area contributed by atoms with E-state index in [2.05, 4.69) is 0 Å². The van der Waals surface area contributed by atoms with Gasteiger partial charge in [0.15, 0.2) is 31.5 Å². The monoisotopic (exact) mass is 870 g/mol.